The molecule has 1 aromatic carbocycles. The molecule has 1 N–H and O–H groups in total. The number of likely N-dealkylation sites (N-methyl/N-ethyl adjacent to an activating group) is 1. The molecule has 1 spiro atoms. The summed E-state index contributed by atoms with van der Waals surface area (Å²) in [5.74, 6) is 1.11. The van der Waals surface area contributed by atoms with E-state index in [1.807, 2.05) is 7.05 Å². The van der Waals surface area contributed by atoms with E-state index in [4.69, 9.17) is 4.74 Å². The Balaban J connectivity index is 1.88. The smallest absolute Gasteiger partial charge is 0.145 e. The molecule has 1 unspecified atom stereocenters. The minimum absolute atomic E-state index is 0.0288. The fourth-order valence-electron chi connectivity index (χ4n) is 5.30. The molecule has 4 atom stereocenters. The van der Waals surface area contributed by atoms with Crippen molar-refractivity contribution in [1.29, 1.82) is 0 Å². The largest absolute Gasteiger partial charge is 0.484 e. The first-order chi connectivity index (χ1) is 10.4. The predicted octanol–water partition coefficient (Wildman–Crippen LogP) is 3.04. The van der Waals surface area contributed by atoms with Gasteiger partial charge in [0.1, 0.15) is 24.4 Å². The van der Waals surface area contributed by atoms with Crippen molar-refractivity contribution < 1.29 is 14.6 Å². The topological polar surface area (TPSA) is 29.5 Å². The van der Waals surface area contributed by atoms with Crippen LogP contribution in [-0.4, -0.2) is 35.6 Å². The molecular formula is C19H22NO2+. The molecule has 2 aliphatic carbocycles. The van der Waals surface area contributed by atoms with Crippen LogP contribution >= 0.6 is 0 Å². The van der Waals surface area contributed by atoms with E-state index < -0.39 is 0 Å². The Morgan fingerprint density at radius 1 is 1.27 bits per heavy atom. The molecule has 0 amide bonds. The lowest BCUT2D eigenvalue weighted by Gasteiger charge is -2.53. The highest BCUT2D eigenvalue weighted by molar-refractivity contribution is 5.65. The van der Waals surface area contributed by atoms with Crippen molar-refractivity contribution >= 4 is 0 Å². The predicted molar refractivity (Wildman–Crippen MR) is 84.1 cm³/mol. The third kappa shape index (κ3) is 1.23. The first-order valence-electron chi connectivity index (χ1n) is 8.21. The van der Waals surface area contributed by atoms with Crippen LogP contribution in [0.15, 0.2) is 35.4 Å². The van der Waals surface area contributed by atoms with E-state index in [-0.39, 0.29) is 22.2 Å². The Morgan fingerprint density at radius 3 is 2.91 bits per heavy atom. The number of piperidine rings is 1. The molecule has 0 saturated carbocycles. The van der Waals surface area contributed by atoms with Crippen LogP contribution in [-0.2, 0) is 11.8 Å². The number of likely N-dealkylation sites (tertiary alicyclic amines) is 1. The van der Waals surface area contributed by atoms with Crippen molar-refractivity contribution in [1.82, 2.24) is 0 Å². The van der Waals surface area contributed by atoms with Gasteiger partial charge >= 0.3 is 0 Å². The molecule has 4 aliphatic rings. The normalized spacial score (nSPS) is 40.5. The zero-order chi connectivity index (χ0) is 15.3. The number of hydrogen-bond acceptors (Lipinski definition) is 2. The van der Waals surface area contributed by atoms with Crippen LogP contribution in [0.2, 0.25) is 0 Å². The molecule has 3 heteroatoms. The summed E-state index contributed by atoms with van der Waals surface area (Å²) in [6, 6.07) is 4.59. The van der Waals surface area contributed by atoms with Crippen LogP contribution in [0.25, 0.3) is 0 Å². The highest BCUT2D eigenvalue weighted by atomic mass is 16.5. The van der Waals surface area contributed by atoms with Crippen LogP contribution in [0.4, 0.5) is 0 Å². The second-order valence-corrected chi connectivity index (χ2v) is 7.66. The van der Waals surface area contributed by atoms with Gasteiger partial charge in [-0.25, -0.2) is 5.21 Å². The Kier molecular flexibility index (Phi) is 2.15. The quantitative estimate of drug-likeness (QED) is 0.746. The van der Waals surface area contributed by atoms with Gasteiger partial charge in [0.05, 0.1) is 12.5 Å². The van der Waals surface area contributed by atoms with Crippen molar-refractivity contribution in [2.45, 2.75) is 44.2 Å². The summed E-state index contributed by atoms with van der Waals surface area (Å²) in [5, 5.41) is 10.9. The van der Waals surface area contributed by atoms with E-state index in [9.17, 15) is 5.21 Å². The van der Waals surface area contributed by atoms with Crippen LogP contribution < -0.4 is 4.74 Å². The number of rotatable bonds is 0. The summed E-state index contributed by atoms with van der Waals surface area (Å²) in [6.45, 7) is 5.12. The van der Waals surface area contributed by atoms with Gasteiger partial charge in [0.15, 0.2) is 0 Å². The fourth-order valence-corrected chi connectivity index (χ4v) is 5.30. The van der Waals surface area contributed by atoms with Crippen LogP contribution in [0.5, 0.6) is 5.75 Å². The van der Waals surface area contributed by atoms with E-state index in [1.54, 1.807) is 0 Å². The average Bonchev–Trinajstić information content (AvgIpc) is 2.84. The van der Waals surface area contributed by atoms with Gasteiger partial charge in [-0.05, 0) is 30.5 Å². The van der Waals surface area contributed by atoms with E-state index in [2.05, 4.69) is 38.1 Å². The second-order valence-electron chi connectivity index (χ2n) is 7.66. The number of hydroxylamine groups is 3. The van der Waals surface area contributed by atoms with E-state index in [0.29, 0.717) is 0 Å². The van der Waals surface area contributed by atoms with Crippen molar-refractivity contribution in [3.63, 3.8) is 0 Å². The van der Waals surface area contributed by atoms with Gasteiger partial charge in [-0.15, -0.1) is 0 Å². The maximum Gasteiger partial charge on any atom is 0.145 e. The molecule has 2 bridgehead atoms. The first-order valence-corrected chi connectivity index (χ1v) is 8.21. The van der Waals surface area contributed by atoms with Crippen LogP contribution in [0, 0.1) is 6.92 Å². The lowest BCUT2D eigenvalue weighted by Crippen LogP contribution is -2.65. The Bertz CT molecular complexity index is 774. The molecule has 0 radical (unpaired) electrons. The molecule has 1 aromatic rings. The number of ether oxygens (including phenoxy) is 1. The molecule has 3 nitrogen and oxygen atoms in total. The van der Waals surface area contributed by atoms with E-state index in [1.165, 1.54) is 27.8 Å². The fraction of sp³-hybridized carbons (Fsp3) is 0.474. The summed E-state index contributed by atoms with van der Waals surface area (Å²) >= 11 is 0. The van der Waals surface area contributed by atoms with E-state index >= 15 is 0 Å². The van der Waals surface area contributed by atoms with Gasteiger partial charge < -0.3 is 4.74 Å². The van der Waals surface area contributed by atoms with Gasteiger partial charge in [0, 0.05) is 24.0 Å². The summed E-state index contributed by atoms with van der Waals surface area (Å²) < 4.78 is 6.60. The number of hydrogen-bond donors (Lipinski definition) is 1. The zero-order valence-corrected chi connectivity index (χ0v) is 13.4. The highest BCUT2D eigenvalue weighted by Crippen LogP contribution is 2.61. The molecule has 5 rings (SSSR count). The summed E-state index contributed by atoms with van der Waals surface area (Å²) in [7, 11) is 1.95. The van der Waals surface area contributed by atoms with E-state index in [0.717, 1.165) is 25.1 Å². The number of quaternary nitrogens is 1. The molecule has 1 fully saturated rings. The van der Waals surface area contributed by atoms with Gasteiger partial charge in [0.2, 0.25) is 0 Å². The maximum atomic E-state index is 10.9. The molecule has 2 heterocycles. The lowest BCUT2D eigenvalue weighted by molar-refractivity contribution is -1.11. The number of nitrogens with zero attached hydrogens (tertiary/aromatic N) is 1. The van der Waals surface area contributed by atoms with Gasteiger partial charge in [-0.3, -0.25) is 0 Å². The Labute approximate surface area is 131 Å². The van der Waals surface area contributed by atoms with Crippen LogP contribution in [0.1, 0.15) is 30.0 Å². The van der Waals surface area contributed by atoms with Crippen molar-refractivity contribution in [3.05, 3.63) is 52.1 Å². The number of aryl methyl sites for hydroxylation is 1. The minimum atomic E-state index is -0.0288. The zero-order valence-electron chi connectivity index (χ0n) is 13.4. The molecule has 22 heavy (non-hydrogen) atoms. The monoisotopic (exact) mass is 296 g/mol. The molecule has 2 aliphatic heterocycles. The molecule has 1 saturated heterocycles. The highest BCUT2D eigenvalue weighted by Gasteiger charge is 2.64. The van der Waals surface area contributed by atoms with Gasteiger partial charge in [0.25, 0.3) is 0 Å². The lowest BCUT2D eigenvalue weighted by atomic mass is 9.56. The number of allylic oxidation sites excluding steroid dienone is 2. The van der Waals surface area contributed by atoms with Crippen molar-refractivity contribution in [2.75, 3.05) is 13.6 Å². The third-order valence-corrected chi connectivity index (χ3v) is 6.43. The van der Waals surface area contributed by atoms with Gasteiger partial charge in [-0.1, -0.05) is 24.3 Å². The first kappa shape index (κ1) is 12.9. The van der Waals surface area contributed by atoms with Crippen molar-refractivity contribution in [2.24, 2.45) is 0 Å². The third-order valence-electron chi connectivity index (χ3n) is 6.43. The molecular weight excluding hydrogens is 274 g/mol. The molecule has 114 valence electrons. The maximum absolute atomic E-state index is 10.9. The standard InChI is InChI=1S/C19H22NO2/c1-11-4-6-13-10-15-14-7-5-12(2)18-19(14,8-9-20(15,3)21)16(13)17(11)22-18/h4-7,15,18,21H,8-10H2,1-3H3/q+1/t15?,18-,19-,20+/m0/s1. The summed E-state index contributed by atoms with van der Waals surface area (Å²) in [6.07, 6.45) is 6.45. The second kappa shape index (κ2) is 3.66. The number of benzene rings is 1. The van der Waals surface area contributed by atoms with Gasteiger partial charge in [-0.2, -0.15) is 4.65 Å². The molecule has 0 aromatic heterocycles. The van der Waals surface area contributed by atoms with Crippen LogP contribution in [0.3, 0.4) is 0 Å². The summed E-state index contributed by atoms with van der Waals surface area (Å²) in [5.41, 5.74) is 6.69. The van der Waals surface area contributed by atoms with Crippen molar-refractivity contribution in [3.8, 4) is 5.75 Å². The SMILES string of the molecule is CC1=CC=C2C3Cc4ccc(C)c5c4[C@@]2(CC[N@@+]3(C)O)[C@H]1O5. The Morgan fingerprint density at radius 2 is 2.09 bits per heavy atom. The average molecular weight is 296 g/mol. The minimum Gasteiger partial charge on any atom is -0.484 e. The Hall–Kier alpha value is -1.58. The summed E-state index contributed by atoms with van der Waals surface area (Å²) in [4.78, 5) is 0.